The van der Waals surface area contributed by atoms with Crippen molar-refractivity contribution >= 4 is 23.2 Å². The molecule has 0 aromatic heterocycles. The predicted octanol–water partition coefficient (Wildman–Crippen LogP) is 4.67. The number of nitrogens with zero attached hydrogens (tertiary/aromatic N) is 3. The minimum absolute atomic E-state index is 0.0881. The maximum absolute atomic E-state index is 12.4. The van der Waals surface area contributed by atoms with Crippen LogP contribution in [0, 0.1) is 0 Å². The van der Waals surface area contributed by atoms with Crippen molar-refractivity contribution in [1.82, 2.24) is 15.2 Å². The molecule has 1 amide bonds. The number of amides is 1. The van der Waals surface area contributed by atoms with Crippen molar-refractivity contribution in [3.63, 3.8) is 0 Å². The maximum atomic E-state index is 12.4. The summed E-state index contributed by atoms with van der Waals surface area (Å²) in [6.07, 6.45) is 0. The summed E-state index contributed by atoms with van der Waals surface area (Å²) in [7, 11) is 0. The third-order valence-electron chi connectivity index (χ3n) is 5.94. The normalized spacial score (nSPS) is 15.4. The summed E-state index contributed by atoms with van der Waals surface area (Å²) in [6.45, 7) is 6.62. The summed E-state index contributed by atoms with van der Waals surface area (Å²) in [5.74, 6) is -0.0881. The molecule has 1 fully saturated rings. The predicted molar refractivity (Wildman–Crippen MR) is 135 cm³/mol. The first kappa shape index (κ1) is 23.2. The Bertz CT molecular complexity index is 1090. The summed E-state index contributed by atoms with van der Waals surface area (Å²) in [6, 6.07) is 26.4. The van der Waals surface area contributed by atoms with Gasteiger partial charge in [-0.1, -0.05) is 84.4 Å². The second-order valence-corrected chi connectivity index (χ2v) is 8.73. The first-order valence-electron chi connectivity index (χ1n) is 11.3. The average molecular weight is 461 g/mol. The van der Waals surface area contributed by atoms with E-state index in [1.165, 1.54) is 5.56 Å². The molecule has 0 aliphatic carbocycles. The van der Waals surface area contributed by atoms with E-state index in [9.17, 15) is 4.79 Å². The molecule has 0 unspecified atom stereocenters. The fourth-order valence-electron chi connectivity index (χ4n) is 3.96. The number of piperazine rings is 1. The van der Waals surface area contributed by atoms with Crippen molar-refractivity contribution in [2.24, 2.45) is 5.10 Å². The zero-order valence-corrected chi connectivity index (χ0v) is 19.6. The monoisotopic (exact) mass is 460 g/mol. The summed E-state index contributed by atoms with van der Waals surface area (Å²) in [5.41, 5.74) is 7.97. The highest BCUT2D eigenvalue weighted by Gasteiger charge is 2.19. The molecule has 1 aliphatic rings. The van der Waals surface area contributed by atoms with Crippen LogP contribution in [0.25, 0.3) is 11.1 Å². The second-order valence-electron chi connectivity index (χ2n) is 8.32. The highest BCUT2D eigenvalue weighted by atomic mass is 35.5. The van der Waals surface area contributed by atoms with Crippen molar-refractivity contribution in [2.75, 3.05) is 32.7 Å². The molecule has 1 heterocycles. The van der Waals surface area contributed by atoms with E-state index in [1.807, 2.05) is 55.5 Å². The molecule has 0 bridgehead atoms. The van der Waals surface area contributed by atoms with Crippen LogP contribution in [-0.2, 0) is 11.3 Å². The Hall–Kier alpha value is -2.99. The highest BCUT2D eigenvalue weighted by Crippen LogP contribution is 2.20. The number of nitrogens with one attached hydrogen (secondary N) is 1. The molecule has 0 saturated carbocycles. The molecule has 5 nitrogen and oxygen atoms in total. The van der Waals surface area contributed by atoms with Gasteiger partial charge in [0.15, 0.2) is 0 Å². The molecule has 1 N–H and O–H groups in total. The molecule has 3 aromatic rings. The Kier molecular flexibility index (Phi) is 7.89. The average Bonchev–Trinajstić information content (AvgIpc) is 2.86. The van der Waals surface area contributed by atoms with E-state index >= 15 is 0 Å². The molecule has 0 atom stereocenters. The number of carbonyl (C=O) groups excluding carboxylic acids is 1. The lowest BCUT2D eigenvalue weighted by molar-refractivity contribution is -0.122. The summed E-state index contributed by atoms with van der Waals surface area (Å²) in [5, 5.41) is 5.12. The van der Waals surface area contributed by atoms with E-state index in [-0.39, 0.29) is 5.91 Å². The van der Waals surface area contributed by atoms with Gasteiger partial charge < -0.3 is 0 Å². The van der Waals surface area contributed by atoms with Crippen molar-refractivity contribution < 1.29 is 4.79 Å². The van der Waals surface area contributed by atoms with Crippen molar-refractivity contribution in [2.45, 2.75) is 13.5 Å². The summed E-state index contributed by atoms with van der Waals surface area (Å²) >= 11 is 6.28. The molecule has 6 heteroatoms. The van der Waals surface area contributed by atoms with E-state index in [0.717, 1.165) is 60.1 Å². The molecule has 33 heavy (non-hydrogen) atoms. The van der Waals surface area contributed by atoms with Gasteiger partial charge in [-0.3, -0.25) is 14.6 Å². The molecular formula is C27H29ClN4O. The second kappa shape index (κ2) is 11.2. The molecule has 170 valence electrons. The molecule has 0 spiro atoms. The first-order valence-corrected chi connectivity index (χ1v) is 11.6. The number of carbonyl (C=O) groups is 1. The van der Waals surface area contributed by atoms with E-state index < -0.39 is 0 Å². The van der Waals surface area contributed by atoms with Gasteiger partial charge in [0.05, 0.1) is 12.3 Å². The van der Waals surface area contributed by atoms with E-state index in [2.05, 4.69) is 50.7 Å². The number of hydrogen-bond acceptors (Lipinski definition) is 4. The third-order valence-corrected chi connectivity index (χ3v) is 6.31. The van der Waals surface area contributed by atoms with Crippen LogP contribution < -0.4 is 5.43 Å². The smallest absolute Gasteiger partial charge is 0.254 e. The minimum Gasteiger partial charge on any atom is -0.296 e. The summed E-state index contributed by atoms with van der Waals surface area (Å²) in [4.78, 5) is 16.9. The van der Waals surface area contributed by atoms with Crippen molar-refractivity contribution in [1.29, 1.82) is 0 Å². The van der Waals surface area contributed by atoms with Crippen LogP contribution in [0.2, 0.25) is 5.02 Å². The van der Waals surface area contributed by atoms with Gasteiger partial charge in [-0.15, -0.1) is 0 Å². The van der Waals surface area contributed by atoms with Crippen LogP contribution in [0.1, 0.15) is 18.1 Å². The van der Waals surface area contributed by atoms with Crippen LogP contribution in [-0.4, -0.2) is 54.1 Å². The largest absolute Gasteiger partial charge is 0.296 e. The SMILES string of the molecule is C/C(=N\NC(=O)CN1CCN(Cc2ccccc2Cl)CC1)c1ccc(-c2ccccc2)cc1. The van der Waals surface area contributed by atoms with E-state index in [4.69, 9.17) is 11.6 Å². The Morgan fingerprint density at radius 1 is 0.848 bits per heavy atom. The zero-order chi connectivity index (χ0) is 23.0. The van der Waals surface area contributed by atoms with Crippen LogP contribution >= 0.6 is 11.6 Å². The first-order chi connectivity index (χ1) is 16.1. The number of halogens is 1. The molecule has 4 rings (SSSR count). The standard InChI is InChI=1S/C27H29ClN4O/c1-21(22-11-13-24(14-12-22)23-7-3-2-4-8-23)29-30-27(33)20-32-17-15-31(16-18-32)19-25-9-5-6-10-26(25)28/h2-14H,15-20H2,1H3,(H,30,33)/b29-21+. The Labute approximate surface area is 200 Å². The maximum Gasteiger partial charge on any atom is 0.254 e. The number of hydrazone groups is 1. The van der Waals surface area contributed by atoms with Gasteiger partial charge in [-0.2, -0.15) is 5.10 Å². The number of hydrogen-bond donors (Lipinski definition) is 1. The topological polar surface area (TPSA) is 47.9 Å². The highest BCUT2D eigenvalue weighted by molar-refractivity contribution is 6.31. The molecule has 3 aromatic carbocycles. The molecule has 0 radical (unpaired) electrons. The van der Waals surface area contributed by atoms with E-state index in [1.54, 1.807) is 0 Å². The third kappa shape index (κ3) is 6.51. The lowest BCUT2D eigenvalue weighted by Gasteiger charge is -2.34. The lowest BCUT2D eigenvalue weighted by atomic mass is 10.0. The molecule has 1 aliphatic heterocycles. The molecule has 1 saturated heterocycles. The van der Waals surface area contributed by atoms with Gasteiger partial charge in [-0.25, -0.2) is 5.43 Å². The quantitative estimate of drug-likeness (QED) is 0.412. The van der Waals surface area contributed by atoms with Crippen molar-refractivity contribution in [3.05, 3.63) is 95.0 Å². The number of benzene rings is 3. The van der Waals surface area contributed by atoms with Gasteiger partial charge in [0.1, 0.15) is 0 Å². The van der Waals surface area contributed by atoms with Gasteiger partial charge in [0.2, 0.25) is 0 Å². The van der Waals surface area contributed by atoms with Gasteiger partial charge in [0.25, 0.3) is 5.91 Å². The summed E-state index contributed by atoms with van der Waals surface area (Å²) < 4.78 is 0. The van der Waals surface area contributed by atoms with Crippen LogP contribution in [0.5, 0.6) is 0 Å². The van der Waals surface area contributed by atoms with E-state index in [0.29, 0.717) is 6.54 Å². The Morgan fingerprint density at radius 3 is 2.15 bits per heavy atom. The molecular weight excluding hydrogens is 432 g/mol. The van der Waals surface area contributed by atoms with Crippen LogP contribution in [0.3, 0.4) is 0 Å². The van der Waals surface area contributed by atoms with Gasteiger partial charge in [-0.05, 0) is 35.2 Å². The Balaban J connectivity index is 1.23. The van der Waals surface area contributed by atoms with Gasteiger partial charge in [0, 0.05) is 37.7 Å². The van der Waals surface area contributed by atoms with Crippen LogP contribution in [0.4, 0.5) is 0 Å². The minimum atomic E-state index is -0.0881. The zero-order valence-electron chi connectivity index (χ0n) is 18.9. The van der Waals surface area contributed by atoms with Crippen LogP contribution in [0.15, 0.2) is 84.0 Å². The van der Waals surface area contributed by atoms with Crippen molar-refractivity contribution in [3.8, 4) is 11.1 Å². The fraction of sp³-hybridized carbons (Fsp3) is 0.259. The lowest BCUT2D eigenvalue weighted by Crippen LogP contribution is -2.48. The van der Waals surface area contributed by atoms with Gasteiger partial charge >= 0.3 is 0 Å². The fourth-order valence-corrected chi connectivity index (χ4v) is 4.15. The Morgan fingerprint density at radius 2 is 1.45 bits per heavy atom. The number of rotatable bonds is 7.